The second-order valence-electron chi connectivity index (χ2n) is 6.77. The Morgan fingerprint density at radius 3 is 2.76 bits per heavy atom. The molecule has 7 heteroatoms. The van der Waals surface area contributed by atoms with Crippen molar-refractivity contribution in [3.8, 4) is 23.5 Å². The van der Waals surface area contributed by atoms with Crippen LogP contribution in [0.2, 0.25) is 0 Å². The van der Waals surface area contributed by atoms with Crippen LogP contribution in [-0.2, 0) is 16.1 Å². The molecule has 1 unspecified atom stereocenters. The lowest BCUT2D eigenvalue weighted by Crippen LogP contribution is -2.30. The van der Waals surface area contributed by atoms with E-state index in [-0.39, 0.29) is 19.1 Å². The number of benzene rings is 2. The summed E-state index contributed by atoms with van der Waals surface area (Å²) in [5.41, 5.74) is 2.63. The molecule has 0 bridgehead atoms. The number of hydrogen-bond donors (Lipinski definition) is 2. The lowest BCUT2D eigenvalue weighted by Gasteiger charge is -2.14. The van der Waals surface area contributed by atoms with E-state index >= 15 is 0 Å². The van der Waals surface area contributed by atoms with E-state index in [9.17, 15) is 14.0 Å². The number of carbonyl (C=O) groups is 2. The molecule has 0 radical (unpaired) electrons. The molecule has 1 aliphatic heterocycles. The minimum atomic E-state index is -0.562. The number of nitrogens with one attached hydrogen (secondary N) is 2. The molecule has 2 N–H and O–H groups in total. The molecule has 1 fully saturated rings. The Kier molecular flexibility index (Phi) is 6.47. The van der Waals surface area contributed by atoms with Crippen molar-refractivity contribution in [2.75, 3.05) is 18.0 Å². The van der Waals surface area contributed by atoms with Crippen LogP contribution in [0, 0.1) is 18.2 Å². The number of nitrogens with zero attached hydrogens (tertiary/aromatic N) is 1. The number of cyclic esters (lactones) is 1. The topological polar surface area (TPSA) is 70.7 Å². The zero-order chi connectivity index (χ0) is 20.8. The number of halogens is 1. The second kappa shape index (κ2) is 9.22. The van der Waals surface area contributed by atoms with Crippen LogP contribution in [0.5, 0.6) is 0 Å². The van der Waals surface area contributed by atoms with Crippen molar-refractivity contribution in [3.63, 3.8) is 0 Å². The normalized spacial score (nSPS) is 16.8. The maximum absolute atomic E-state index is 14.7. The van der Waals surface area contributed by atoms with E-state index in [4.69, 9.17) is 11.2 Å². The molecule has 2 aromatic rings. The molecule has 0 spiro atoms. The molecule has 0 aliphatic carbocycles. The Balaban J connectivity index is 1.70. The summed E-state index contributed by atoms with van der Waals surface area (Å²) >= 11 is 0. The fourth-order valence-electron chi connectivity index (χ4n) is 3.06. The first kappa shape index (κ1) is 20.4. The summed E-state index contributed by atoms with van der Waals surface area (Å²) in [6, 6.07) is 12.1. The fraction of sp³-hybridized carbons (Fsp3) is 0.273. The summed E-state index contributed by atoms with van der Waals surface area (Å²) in [6.45, 7) is 3.00. The molecule has 0 saturated carbocycles. The predicted octanol–water partition coefficient (Wildman–Crippen LogP) is 2.68. The molecule has 2 aromatic carbocycles. The summed E-state index contributed by atoms with van der Waals surface area (Å²) < 4.78 is 19.9. The third-order valence-electron chi connectivity index (χ3n) is 4.69. The van der Waals surface area contributed by atoms with Gasteiger partial charge in [-0.3, -0.25) is 15.0 Å². The third-order valence-corrected chi connectivity index (χ3v) is 4.69. The number of anilines is 1. The molecule has 0 aromatic heterocycles. The average molecular weight is 395 g/mol. The van der Waals surface area contributed by atoms with Crippen LogP contribution in [0.4, 0.5) is 14.9 Å². The Labute approximate surface area is 169 Å². The van der Waals surface area contributed by atoms with Crippen LogP contribution in [0.15, 0.2) is 42.5 Å². The summed E-state index contributed by atoms with van der Waals surface area (Å²) in [6.07, 6.45) is 4.86. The van der Waals surface area contributed by atoms with Crippen LogP contribution in [0.1, 0.15) is 12.5 Å². The molecule has 2 atom stereocenters. The summed E-state index contributed by atoms with van der Waals surface area (Å²) in [7, 11) is 0. The number of carbonyl (C=O) groups excluding carboxylic acids is 2. The van der Waals surface area contributed by atoms with Crippen molar-refractivity contribution in [2.45, 2.75) is 25.6 Å². The summed E-state index contributed by atoms with van der Waals surface area (Å²) in [5, 5.41) is 5.67. The van der Waals surface area contributed by atoms with Crippen LogP contribution >= 0.6 is 0 Å². The molecule has 1 aliphatic rings. The van der Waals surface area contributed by atoms with Crippen LogP contribution in [0.3, 0.4) is 0 Å². The van der Waals surface area contributed by atoms with E-state index in [1.54, 1.807) is 12.1 Å². The van der Waals surface area contributed by atoms with Gasteiger partial charge in [-0.2, -0.15) is 0 Å². The van der Waals surface area contributed by atoms with Crippen molar-refractivity contribution >= 4 is 18.2 Å². The maximum Gasteiger partial charge on any atom is 0.414 e. The summed E-state index contributed by atoms with van der Waals surface area (Å²) in [5.74, 6) is 2.17. The molecule has 2 amide bonds. The van der Waals surface area contributed by atoms with E-state index in [1.807, 2.05) is 31.2 Å². The zero-order valence-electron chi connectivity index (χ0n) is 16.0. The summed E-state index contributed by atoms with van der Waals surface area (Å²) in [4.78, 5) is 23.8. The van der Waals surface area contributed by atoms with Crippen LogP contribution in [0.25, 0.3) is 11.1 Å². The van der Waals surface area contributed by atoms with E-state index < -0.39 is 18.0 Å². The smallest absolute Gasteiger partial charge is 0.414 e. The predicted molar refractivity (Wildman–Crippen MR) is 109 cm³/mol. The molecule has 6 nitrogen and oxygen atoms in total. The molecular weight excluding hydrogens is 373 g/mol. The monoisotopic (exact) mass is 395 g/mol. The van der Waals surface area contributed by atoms with Gasteiger partial charge in [-0.1, -0.05) is 30.2 Å². The average Bonchev–Trinajstić information content (AvgIpc) is 3.11. The SMILES string of the molecule is C#CC(C)NCc1ccc(-c2ccc(N3C[C@H](CNC=O)OC3=O)cc2F)cc1. The lowest BCUT2D eigenvalue weighted by atomic mass is 10.0. The van der Waals surface area contributed by atoms with Crippen molar-refractivity contribution in [3.05, 3.63) is 53.8 Å². The third kappa shape index (κ3) is 4.92. The van der Waals surface area contributed by atoms with Crippen molar-refractivity contribution < 1.29 is 18.7 Å². The number of amides is 2. The molecule has 29 heavy (non-hydrogen) atoms. The van der Waals surface area contributed by atoms with Gasteiger partial charge in [-0.15, -0.1) is 6.42 Å². The van der Waals surface area contributed by atoms with Gasteiger partial charge in [0.1, 0.15) is 11.9 Å². The Bertz CT molecular complexity index is 924. The van der Waals surface area contributed by atoms with Gasteiger partial charge in [-0.25, -0.2) is 9.18 Å². The highest BCUT2D eigenvalue weighted by Gasteiger charge is 2.32. The Morgan fingerprint density at radius 2 is 2.10 bits per heavy atom. The molecule has 1 heterocycles. The van der Waals surface area contributed by atoms with Gasteiger partial charge in [0.15, 0.2) is 0 Å². The van der Waals surface area contributed by atoms with Gasteiger partial charge in [0, 0.05) is 12.1 Å². The van der Waals surface area contributed by atoms with E-state index in [1.165, 1.54) is 11.0 Å². The second-order valence-corrected chi connectivity index (χ2v) is 6.77. The van der Waals surface area contributed by atoms with Gasteiger partial charge in [0.2, 0.25) is 6.41 Å². The quantitative estimate of drug-likeness (QED) is 0.533. The van der Waals surface area contributed by atoms with Crippen molar-refractivity contribution in [1.29, 1.82) is 0 Å². The van der Waals surface area contributed by atoms with Gasteiger partial charge in [0.05, 0.1) is 24.8 Å². The minimum absolute atomic E-state index is 0.0224. The molecular formula is C22H22FN3O3. The van der Waals surface area contributed by atoms with Gasteiger partial charge < -0.3 is 10.1 Å². The standard InChI is InChI=1S/C22H22FN3O3/c1-3-15(2)25-11-16-4-6-17(7-5-16)20-9-8-18(10-21(20)23)26-13-19(12-24-14-27)29-22(26)28/h1,4-10,14-15,19,25H,11-13H2,2H3,(H,24,27)/t15?,19-/m0/s1. The molecule has 3 rings (SSSR count). The highest BCUT2D eigenvalue weighted by molar-refractivity contribution is 5.90. The molecule has 150 valence electrons. The van der Waals surface area contributed by atoms with Crippen LogP contribution in [-0.4, -0.2) is 37.7 Å². The van der Waals surface area contributed by atoms with E-state index in [0.29, 0.717) is 24.2 Å². The van der Waals surface area contributed by atoms with Crippen LogP contribution < -0.4 is 15.5 Å². The van der Waals surface area contributed by atoms with Gasteiger partial charge in [0.25, 0.3) is 0 Å². The first-order valence-corrected chi connectivity index (χ1v) is 9.25. The van der Waals surface area contributed by atoms with Gasteiger partial charge in [-0.05, 0) is 36.2 Å². The Morgan fingerprint density at radius 1 is 1.34 bits per heavy atom. The molecule has 1 saturated heterocycles. The van der Waals surface area contributed by atoms with Crippen molar-refractivity contribution in [2.24, 2.45) is 0 Å². The van der Waals surface area contributed by atoms with Crippen molar-refractivity contribution in [1.82, 2.24) is 10.6 Å². The largest absolute Gasteiger partial charge is 0.442 e. The van der Waals surface area contributed by atoms with E-state index in [2.05, 4.69) is 16.6 Å². The number of terminal acetylenes is 1. The number of ether oxygens (including phenoxy) is 1. The van der Waals surface area contributed by atoms with Gasteiger partial charge >= 0.3 is 6.09 Å². The highest BCUT2D eigenvalue weighted by Crippen LogP contribution is 2.29. The maximum atomic E-state index is 14.7. The first-order chi connectivity index (χ1) is 14.0. The highest BCUT2D eigenvalue weighted by atomic mass is 19.1. The van der Waals surface area contributed by atoms with E-state index in [0.717, 1.165) is 11.1 Å². The zero-order valence-corrected chi connectivity index (χ0v) is 16.0. The Hall–Kier alpha value is -3.37. The fourth-order valence-corrected chi connectivity index (χ4v) is 3.06. The lowest BCUT2D eigenvalue weighted by molar-refractivity contribution is -0.109. The number of rotatable bonds is 8. The number of hydrogen-bond acceptors (Lipinski definition) is 4. The minimum Gasteiger partial charge on any atom is -0.442 e. The first-order valence-electron chi connectivity index (χ1n) is 9.25.